The van der Waals surface area contributed by atoms with Crippen LogP contribution in [-0.2, 0) is 6.42 Å². The van der Waals surface area contributed by atoms with E-state index in [-0.39, 0.29) is 0 Å². The van der Waals surface area contributed by atoms with Gasteiger partial charge in [-0.1, -0.05) is 38.8 Å². The van der Waals surface area contributed by atoms with Crippen molar-refractivity contribution in [3.63, 3.8) is 0 Å². The molecule has 0 bridgehead atoms. The molecule has 1 aliphatic rings. The monoisotopic (exact) mass is 288 g/mol. The molecule has 0 spiro atoms. The molecule has 1 aliphatic heterocycles. The van der Waals surface area contributed by atoms with E-state index in [2.05, 4.69) is 62.3 Å². The number of hydrogen-bond acceptors (Lipinski definition) is 2. The van der Waals surface area contributed by atoms with E-state index >= 15 is 0 Å². The summed E-state index contributed by atoms with van der Waals surface area (Å²) >= 11 is 0. The molecule has 1 heterocycles. The van der Waals surface area contributed by atoms with Crippen LogP contribution in [0.25, 0.3) is 0 Å². The second-order valence-electron chi connectivity index (χ2n) is 6.91. The summed E-state index contributed by atoms with van der Waals surface area (Å²) in [4.78, 5) is 2.47. The second kappa shape index (κ2) is 7.84. The first-order valence-electron chi connectivity index (χ1n) is 8.66. The molecule has 21 heavy (non-hydrogen) atoms. The normalized spacial score (nSPS) is 26.8. The van der Waals surface area contributed by atoms with Gasteiger partial charge in [0.05, 0.1) is 0 Å². The molecule has 0 saturated carbocycles. The zero-order valence-electron chi connectivity index (χ0n) is 14.2. The van der Waals surface area contributed by atoms with E-state index in [0.717, 1.165) is 0 Å². The maximum atomic E-state index is 3.75. The van der Waals surface area contributed by atoms with Crippen LogP contribution in [0.2, 0.25) is 0 Å². The molecular weight excluding hydrogens is 256 g/mol. The predicted molar refractivity (Wildman–Crippen MR) is 93.0 cm³/mol. The number of nitrogens with zero attached hydrogens (tertiary/aromatic N) is 1. The predicted octanol–water partition coefficient (Wildman–Crippen LogP) is 4.56. The van der Waals surface area contributed by atoms with Gasteiger partial charge < -0.3 is 10.2 Å². The number of unbranched alkanes of at least 4 members (excludes halogenated alkanes) is 2. The summed E-state index contributed by atoms with van der Waals surface area (Å²) in [6.45, 7) is 8.14. The smallest absolute Gasteiger partial charge is 0.0342 e. The Morgan fingerprint density at radius 2 is 1.86 bits per heavy atom. The highest BCUT2D eigenvalue weighted by Crippen LogP contribution is 2.24. The first kappa shape index (κ1) is 16.4. The Bertz CT molecular complexity index is 412. The molecule has 0 radical (unpaired) electrons. The number of piperidine rings is 1. The minimum Gasteiger partial charge on any atom is -0.382 e. The molecule has 2 rings (SSSR count). The fraction of sp³-hybridized carbons (Fsp3) is 0.684. The molecule has 3 atom stereocenters. The number of nitrogens with one attached hydrogen (secondary N) is 1. The van der Waals surface area contributed by atoms with Gasteiger partial charge in [0.15, 0.2) is 0 Å². The van der Waals surface area contributed by atoms with Crippen LogP contribution in [0.3, 0.4) is 0 Å². The van der Waals surface area contributed by atoms with Crippen molar-refractivity contribution in [2.75, 3.05) is 18.9 Å². The van der Waals surface area contributed by atoms with Crippen molar-refractivity contribution in [2.24, 2.45) is 5.92 Å². The van der Waals surface area contributed by atoms with Gasteiger partial charge in [-0.2, -0.15) is 0 Å². The van der Waals surface area contributed by atoms with Gasteiger partial charge in [0, 0.05) is 24.3 Å². The lowest BCUT2D eigenvalue weighted by molar-refractivity contribution is 0.145. The molecule has 0 amide bonds. The fourth-order valence-electron chi connectivity index (χ4n) is 3.30. The van der Waals surface area contributed by atoms with Crippen molar-refractivity contribution >= 4 is 5.69 Å². The summed E-state index contributed by atoms with van der Waals surface area (Å²) in [5.41, 5.74) is 2.75. The molecule has 118 valence electrons. The summed E-state index contributed by atoms with van der Waals surface area (Å²) in [7, 11) is 2.24. The van der Waals surface area contributed by atoms with E-state index in [0.29, 0.717) is 18.0 Å². The van der Waals surface area contributed by atoms with Crippen molar-refractivity contribution in [2.45, 2.75) is 65.0 Å². The molecule has 1 aromatic carbocycles. The number of hydrogen-bond donors (Lipinski definition) is 1. The van der Waals surface area contributed by atoms with E-state index in [4.69, 9.17) is 0 Å². The molecule has 2 nitrogen and oxygen atoms in total. The minimum atomic E-state index is 0.599. The number of likely N-dealkylation sites (tertiary alicyclic amines) is 1. The third-order valence-corrected chi connectivity index (χ3v) is 4.99. The van der Waals surface area contributed by atoms with Crippen LogP contribution in [0.1, 0.15) is 52.0 Å². The highest BCUT2D eigenvalue weighted by molar-refractivity contribution is 5.45. The van der Waals surface area contributed by atoms with Gasteiger partial charge in [-0.15, -0.1) is 0 Å². The van der Waals surface area contributed by atoms with Crippen molar-refractivity contribution in [1.29, 1.82) is 0 Å². The van der Waals surface area contributed by atoms with Gasteiger partial charge in [-0.05, 0) is 56.8 Å². The quantitative estimate of drug-likeness (QED) is 0.772. The highest BCUT2D eigenvalue weighted by Gasteiger charge is 2.28. The van der Waals surface area contributed by atoms with E-state index in [9.17, 15) is 0 Å². The summed E-state index contributed by atoms with van der Waals surface area (Å²) in [6, 6.07) is 10.4. The van der Waals surface area contributed by atoms with Crippen molar-refractivity contribution in [3.05, 3.63) is 29.8 Å². The average Bonchev–Trinajstić information content (AvgIpc) is 2.47. The molecule has 1 N–H and O–H groups in total. The lowest BCUT2D eigenvalue weighted by atomic mass is 9.89. The molecular formula is C19H32N2. The van der Waals surface area contributed by atoms with Crippen LogP contribution in [0.5, 0.6) is 0 Å². The Hall–Kier alpha value is -1.02. The Morgan fingerprint density at radius 3 is 2.52 bits per heavy atom. The topological polar surface area (TPSA) is 15.3 Å². The summed E-state index contributed by atoms with van der Waals surface area (Å²) in [6.07, 6.45) is 6.40. The van der Waals surface area contributed by atoms with E-state index < -0.39 is 0 Å². The van der Waals surface area contributed by atoms with E-state index in [1.54, 1.807) is 0 Å². The van der Waals surface area contributed by atoms with Crippen molar-refractivity contribution in [1.82, 2.24) is 4.90 Å². The standard InChI is InChI=1S/C19H32N2/c1-5-6-7-8-17-9-11-18(12-10-17)20-19-13-16(3)21(4)14-15(19)2/h9-12,15-16,19-20H,5-8,13-14H2,1-4H3. The van der Waals surface area contributed by atoms with Crippen molar-refractivity contribution < 1.29 is 0 Å². The van der Waals surface area contributed by atoms with Crippen LogP contribution < -0.4 is 5.32 Å². The Labute approximate surface area is 130 Å². The van der Waals surface area contributed by atoms with Gasteiger partial charge in [0.1, 0.15) is 0 Å². The van der Waals surface area contributed by atoms with Crippen LogP contribution in [0.4, 0.5) is 5.69 Å². The van der Waals surface area contributed by atoms with Gasteiger partial charge in [0.25, 0.3) is 0 Å². The first-order valence-corrected chi connectivity index (χ1v) is 8.66. The van der Waals surface area contributed by atoms with Crippen LogP contribution in [0.15, 0.2) is 24.3 Å². The third-order valence-electron chi connectivity index (χ3n) is 4.99. The molecule has 1 saturated heterocycles. The molecule has 0 aromatic heterocycles. The van der Waals surface area contributed by atoms with Gasteiger partial charge in [0.2, 0.25) is 0 Å². The lowest BCUT2D eigenvalue weighted by Gasteiger charge is -2.40. The third kappa shape index (κ3) is 4.74. The molecule has 1 aromatic rings. The number of aryl methyl sites for hydroxylation is 1. The van der Waals surface area contributed by atoms with Gasteiger partial charge in [-0.25, -0.2) is 0 Å². The Balaban J connectivity index is 1.88. The first-order chi connectivity index (χ1) is 10.1. The lowest BCUT2D eigenvalue weighted by Crippen LogP contribution is -2.48. The van der Waals surface area contributed by atoms with Crippen LogP contribution in [0, 0.1) is 5.92 Å². The second-order valence-corrected chi connectivity index (χ2v) is 6.91. The zero-order valence-corrected chi connectivity index (χ0v) is 14.2. The summed E-state index contributed by atoms with van der Waals surface area (Å²) < 4.78 is 0. The zero-order chi connectivity index (χ0) is 15.2. The molecule has 0 aliphatic carbocycles. The fourth-order valence-corrected chi connectivity index (χ4v) is 3.30. The Kier molecular flexibility index (Phi) is 6.10. The van der Waals surface area contributed by atoms with Crippen LogP contribution in [-0.4, -0.2) is 30.6 Å². The number of anilines is 1. The molecule has 1 fully saturated rings. The number of benzene rings is 1. The molecule has 3 unspecified atom stereocenters. The van der Waals surface area contributed by atoms with E-state index in [1.807, 2.05) is 0 Å². The van der Waals surface area contributed by atoms with Crippen molar-refractivity contribution in [3.8, 4) is 0 Å². The Morgan fingerprint density at radius 1 is 1.14 bits per heavy atom. The largest absolute Gasteiger partial charge is 0.382 e. The highest BCUT2D eigenvalue weighted by atomic mass is 15.2. The average molecular weight is 288 g/mol. The van der Waals surface area contributed by atoms with Gasteiger partial charge >= 0.3 is 0 Å². The van der Waals surface area contributed by atoms with Gasteiger partial charge in [-0.3, -0.25) is 0 Å². The molecule has 2 heteroatoms. The minimum absolute atomic E-state index is 0.599. The SMILES string of the molecule is CCCCCc1ccc(NC2CC(C)N(C)CC2C)cc1. The van der Waals surface area contributed by atoms with E-state index in [1.165, 1.54) is 49.9 Å². The number of rotatable bonds is 6. The summed E-state index contributed by atoms with van der Waals surface area (Å²) in [5, 5.41) is 3.75. The summed E-state index contributed by atoms with van der Waals surface area (Å²) in [5.74, 6) is 0.704. The maximum absolute atomic E-state index is 3.75. The maximum Gasteiger partial charge on any atom is 0.0342 e. The van der Waals surface area contributed by atoms with Crippen LogP contribution >= 0.6 is 0 Å².